The molecule has 0 aromatic heterocycles. The van der Waals surface area contributed by atoms with Crippen molar-refractivity contribution < 1.29 is 0 Å². The summed E-state index contributed by atoms with van der Waals surface area (Å²) in [5.41, 5.74) is 2.75. The van der Waals surface area contributed by atoms with Gasteiger partial charge in [0.2, 0.25) is 0 Å². The first-order valence-electron chi connectivity index (χ1n) is 6.20. The van der Waals surface area contributed by atoms with Crippen molar-refractivity contribution in [1.82, 2.24) is 10.2 Å². The number of benzene rings is 1. The number of para-hydroxylation sites is 1. The molecule has 0 unspecified atom stereocenters. The summed E-state index contributed by atoms with van der Waals surface area (Å²) in [6, 6.07) is 9.39. The molecule has 0 radical (unpaired) electrons. The van der Waals surface area contributed by atoms with Crippen molar-refractivity contribution in [2.75, 3.05) is 25.1 Å². The average molecular weight is 217 g/mol. The third-order valence-electron chi connectivity index (χ3n) is 3.69. The van der Waals surface area contributed by atoms with Gasteiger partial charge < -0.3 is 10.6 Å². The summed E-state index contributed by atoms with van der Waals surface area (Å²) in [5.74, 6) is 0. The fourth-order valence-corrected chi connectivity index (χ4v) is 2.72. The highest BCUT2D eigenvalue weighted by Crippen LogP contribution is 2.24. The second-order valence-corrected chi connectivity index (χ2v) is 4.72. The van der Waals surface area contributed by atoms with Crippen LogP contribution in [0, 0.1) is 0 Å². The quantitative estimate of drug-likeness (QED) is 0.748. The molecule has 0 atom stereocenters. The van der Waals surface area contributed by atoms with E-state index in [2.05, 4.69) is 39.8 Å². The Balaban J connectivity index is 1.72. The minimum atomic E-state index is 0.752. The Hall–Kier alpha value is -1.06. The van der Waals surface area contributed by atoms with Crippen LogP contribution in [0.1, 0.15) is 18.4 Å². The van der Waals surface area contributed by atoms with Gasteiger partial charge in [-0.05, 0) is 37.6 Å². The molecule has 0 saturated carbocycles. The number of nitrogens with one attached hydrogen (secondary N) is 2. The SMILES string of the molecule is c1ccc2c(c1)CN(C1CCNCC1)CN2. The minimum absolute atomic E-state index is 0.752. The van der Waals surface area contributed by atoms with Gasteiger partial charge in [0.15, 0.2) is 0 Å². The zero-order chi connectivity index (χ0) is 10.8. The summed E-state index contributed by atoms with van der Waals surface area (Å²) in [7, 11) is 0. The summed E-state index contributed by atoms with van der Waals surface area (Å²) >= 11 is 0. The molecule has 1 saturated heterocycles. The average Bonchev–Trinajstić information content (AvgIpc) is 2.39. The predicted octanol–water partition coefficient (Wildman–Crippen LogP) is 1.62. The van der Waals surface area contributed by atoms with Crippen molar-refractivity contribution in [2.45, 2.75) is 25.4 Å². The summed E-state index contributed by atoms with van der Waals surface area (Å²) in [4.78, 5) is 2.57. The topological polar surface area (TPSA) is 27.3 Å². The van der Waals surface area contributed by atoms with Crippen LogP contribution in [0.4, 0.5) is 5.69 Å². The second-order valence-electron chi connectivity index (χ2n) is 4.72. The number of hydrogen-bond donors (Lipinski definition) is 2. The minimum Gasteiger partial charge on any atom is -0.372 e. The monoisotopic (exact) mass is 217 g/mol. The van der Waals surface area contributed by atoms with Crippen LogP contribution in [-0.4, -0.2) is 30.7 Å². The fraction of sp³-hybridized carbons (Fsp3) is 0.538. The van der Waals surface area contributed by atoms with Gasteiger partial charge in [0.05, 0.1) is 6.67 Å². The van der Waals surface area contributed by atoms with Crippen molar-refractivity contribution in [2.24, 2.45) is 0 Å². The molecule has 0 spiro atoms. The Bertz CT molecular complexity index is 358. The van der Waals surface area contributed by atoms with Crippen LogP contribution in [0.2, 0.25) is 0 Å². The van der Waals surface area contributed by atoms with E-state index in [0.717, 1.165) is 19.3 Å². The van der Waals surface area contributed by atoms with Gasteiger partial charge in [-0.15, -0.1) is 0 Å². The molecular formula is C13H19N3. The third-order valence-corrected chi connectivity index (χ3v) is 3.69. The zero-order valence-electron chi connectivity index (χ0n) is 9.58. The van der Waals surface area contributed by atoms with Gasteiger partial charge in [0.25, 0.3) is 0 Å². The van der Waals surface area contributed by atoms with Crippen molar-refractivity contribution in [1.29, 1.82) is 0 Å². The van der Waals surface area contributed by atoms with Gasteiger partial charge in [-0.25, -0.2) is 0 Å². The molecule has 3 nitrogen and oxygen atoms in total. The van der Waals surface area contributed by atoms with E-state index in [1.165, 1.54) is 37.2 Å². The first kappa shape index (κ1) is 10.1. The smallest absolute Gasteiger partial charge is 0.0683 e. The molecule has 2 aliphatic heterocycles. The summed E-state index contributed by atoms with van der Waals surface area (Å²) < 4.78 is 0. The van der Waals surface area contributed by atoms with Crippen LogP contribution >= 0.6 is 0 Å². The van der Waals surface area contributed by atoms with Gasteiger partial charge >= 0.3 is 0 Å². The Kier molecular flexibility index (Phi) is 2.80. The molecule has 3 rings (SSSR count). The van der Waals surface area contributed by atoms with Crippen LogP contribution in [0.15, 0.2) is 24.3 Å². The first-order valence-corrected chi connectivity index (χ1v) is 6.20. The maximum atomic E-state index is 3.52. The number of fused-ring (bicyclic) bond motifs is 1. The molecule has 2 N–H and O–H groups in total. The standard InChI is InChI=1S/C13H19N3/c1-2-4-13-11(3-1)9-16(10-15-13)12-5-7-14-8-6-12/h1-4,12,14-15H,5-10H2. The molecule has 1 aromatic carbocycles. The maximum absolute atomic E-state index is 3.52. The van der Waals surface area contributed by atoms with E-state index >= 15 is 0 Å². The summed E-state index contributed by atoms with van der Waals surface area (Å²) in [6.45, 7) is 4.45. The second kappa shape index (κ2) is 4.44. The maximum Gasteiger partial charge on any atom is 0.0683 e. The summed E-state index contributed by atoms with van der Waals surface area (Å²) in [6.07, 6.45) is 2.56. The Morgan fingerprint density at radius 3 is 2.81 bits per heavy atom. The molecular weight excluding hydrogens is 198 g/mol. The number of piperidine rings is 1. The molecule has 3 heteroatoms. The summed E-state index contributed by atoms with van der Waals surface area (Å²) in [5, 5.41) is 6.94. The third kappa shape index (κ3) is 1.93. The molecule has 2 heterocycles. The lowest BCUT2D eigenvalue weighted by molar-refractivity contribution is 0.160. The van der Waals surface area contributed by atoms with E-state index in [9.17, 15) is 0 Å². The Morgan fingerprint density at radius 1 is 1.12 bits per heavy atom. The van der Waals surface area contributed by atoms with Gasteiger partial charge in [-0.3, -0.25) is 4.90 Å². The molecule has 1 aromatic rings. The van der Waals surface area contributed by atoms with Crippen LogP contribution in [0.25, 0.3) is 0 Å². The zero-order valence-corrected chi connectivity index (χ0v) is 9.58. The molecule has 2 aliphatic rings. The largest absolute Gasteiger partial charge is 0.372 e. The van der Waals surface area contributed by atoms with Crippen LogP contribution in [-0.2, 0) is 6.54 Å². The molecule has 1 fully saturated rings. The lowest BCUT2D eigenvalue weighted by atomic mass is 10.0. The van der Waals surface area contributed by atoms with Gasteiger partial charge in [-0.2, -0.15) is 0 Å². The van der Waals surface area contributed by atoms with E-state index in [-0.39, 0.29) is 0 Å². The van der Waals surface area contributed by atoms with Gasteiger partial charge in [0.1, 0.15) is 0 Å². The lowest BCUT2D eigenvalue weighted by Gasteiger charge is -2.38. The number of hydrogen-bond acceptors (Lipinski definition) is 3. The van der Waals surface area contributed by atoms with Crippen molar-refractivity contribution in [3.05, 3.63) is 29.8 Å². The fourth-order valence-electron chi connectivity index (χ4n) is 2.72. The highest BCUT2D eigenvalue weighted by atomic mass is 15.3. The number of anilines is 1. The Morgan fingerprint density at radius 2 is 1.94 bits per heavy atom. The van der Waals surface area contributed by atoms with E-state index in [1.807, 2.05) is 0 Å². The molecule has 86 valence electrons. The number of rotatable bonds is 1. The number of nitrogens with zero attached hydrogens (tertiary/aromatic N) is 1. The van der Waals surface area contributed by atoms with Crippen LogP contribution in [0.3, 0.4) is 0 Å². The molecule has 0 aliphatic carbocycles. The highest BCUT2D eigenvalue weighted by Gasteiger charge is 2.24. The molecule has 16 heavy (non-hydrogen) atoms. The first-order chi connectivity index (χ1) is 7.93. The lowest BCUT2D eigenvalue weighted by Crippen LogP contribution is -2.46. The van der Waals surface area contributed by atoms with Gasteiger partial charge in [0, 0.05) is 18.3 Å². The van der Waals surface area contributed by atoms with E-state index < -0.39 is 0 Å². The predicted molar refractivity (Wildman–Crippen MR) is 66.4 cm³/mol. The van der Waals surface area contributed by atoms with E-state index in [0.29, 0.717) is 0 Å². The molecule has 0 bridgehead atoms. The van der Waals surface area contributed by atoms with Crippen molar-refractivity contribution >= 4 is 5.69 Å². The van der Waals surface area contributed by atoms with Crippen LogP contribution in [0.5, 0.6) is 0 Å². The van der Waals surface area contributed by atoms with Crippen molar-refractivity contribution in [3.8, 4) is 0 Å². The van der Waals surface area contributed by atoms with Gasteiger partial charge in [-0.1, -0.05) is 18.2 Å². The highest BCUT2D eigenvalue weighted by molar-refractivity contribution is 5.52. The van der Waals surface area contributed by atoms with E-state index in [1.54, 1.807) is 0 Å². The molecule has 0 amide bonds. The van der Waals surface area contributed by atoms with E-state index in [4.69, 9.17) is 0 Å². The van der Waals surface area contributed by atoms with Crippen LogP contribution < -0.4 is 10.6 Å². The van der Waals surface area contributed by atoms with Crippen molar-refractivity contribution in [3.63, 3.8) is 0 Å². The Labute approximate surface area is 96.8 Å². The normalized spacial score (nSPS) is 22.5.